The summed E-state index contributed by atoms with van der Waals surface area (Å²) < 4.78 is 7.35. The van der Waals surface area contributed by atoms with E-state index in [1.165, 1.54) is 16.2 Å². The maximum absolute atomic E-state index is 13.6. The number of pyridine rings is 2. The second-order valence-corrected chi connectivity index (χ2v) is 12.0. The number of aromatic nitrogens is 2. The Morgan fingerprint density at radius 3 is 2.88 bits per heavy atom. The molecular formula is C30H33N5O5S. The van der Waals surface area contributed by atoms with Crippen molar-refractivity contribution in [1.29, 1.82) is 0 Å². The third-order valence-corrected chi connectivity index (χ3v) is 9.18. The molecule has 2 aliphatic heterocycles. The molecule has 6 rings (SSSR count). The zero-order chi connectivity index (χ0) is 28.6. The van der Waals surface area contributed by atoms with E-state index in [9.17, 15) is 19.5 Å². The van der Waals surface area contributed by atoms with E-state index in [2.05, 4.69) is 10.3 Å². The molecule has 1 saturated heterocycles. The average molecular weight is 576 g/mol. The first-order valence-electron chi connectivity index (χ1n) is 14.1. The van der Waals surface area contributed by atoms with Gasteiger partial charge < -0.3 is 25.8 Å². The predicted molar refractivity (Wildman–Crippen MR) is 154 cm³/mol. The van der Waals surface area contributed by atoms with Crippen LogP contribution in [0.25, 0.3) is 21.6 Å². The standard InChI is InChI=1S/C30H33N5O5S/c31-20-9-5-3-1-2-4-8-18-16-30(18,29(38)39)34-27(36)24-14-19(17-35(24)28(20)37)40-25-15-23(21-10-6-7-12-32-21)33-22-11-13-41-26(22)25/h4,6-8,10-13,15,18-20,24H,1-3,5,9,14,16-17,31H2,(H,34,36)(H,38,39)/b8-4-/t18-,19-,20?,24+,30-/m1/s1. The highest BCUT2D eigenvalue weighted by Gasteiger charge is 2.61. The molecule has 4 N–H and O–H groups in total. The molecule has 0 bridgehead atoms. The molecule has 5 atom stereocenters. The molecule has 1 saturated carbocycles. The Labute approximate surface area is 241 Å². The first-order valence-corrected chi connectivity index (χ1v) is 15.0. The van der Waals surface area contributed by atoms with Crippen LogP contribution in [0.3, 0.4) is 0 Å². The monoisotopic (exact) mass is 575 g/mol. The molecular weight excluding hydrogens is 542 g/mol. The normalized spacial score (nSPS) is 29.5. The Hall–Kier alpha value is -3.83. The van der Waals surface area contributed by atoms with Gasteiger partial charge in [-0.15, -0.1) is 11.3 Å². The number of thiophene rings is 1. The first kappa shape index (κ1) is 27.3. The van der Waals surface area contributed by atoms with Crippen LogP contribution in [-0.4, -0.2) is 68.0 Å². The number of allylic oxidation sites excluding steroid dienone is 1. The topological polar surface area (TPSA) is 148 Å². The summed E-state index contributed by atoms with van der Waals surface area (Å²) in [7, 11) is 0. The summed E-state index contributed by atoms with van der Waals surface area (Å²) in [6.07, 6.45) is 9.65. The van der Waals surface area contributed by atoms with Gasteiger partial charge in [0.05, 0.1) is 34.2 Å². The number of amides is 2. The average Bonchev–Trinajstić information content (AvgIpc) is 3.27. The molecule has 5 heterocycles. The molecule has 0 radical (unpaired) electrons. The number of carboxylic acid groups (broad SMARTS) is 1. The fraction of sp³-hybridized carbons (Fsp3) is 0.433. The Balaban J connectivity index is 1.29. The van der Waals surface area contributed by atoms with Crippen molar-refractivity contribution in [3.05, 3.63) is 54.1 Å². The number of carboxylic acids is 1. The summed E-state index contributed by atoms with van der Waals surface area (Å²) >= 11 is 1.50. The number of aliphatic carboxylic acids is 1. The van der Waals surface area contributed by atoms with Gasteiger partial charge in [0.25, 0.3) is 0 Å². The van der Waals surface area contributed by atoms with Crippen LogP contribution in [0.15, 0.2) is 54.1 Å². The lowest BCUT2D eigenvalue weighted by molar-refractivity contribution is -0.145. The molecule has 1 aliphatic carbocycles. The summed E-state index contributed by atoms with van der Waals surface area (Å²) in [6, 6.07) is 7.73. The highest BCUT2D eigenvalue weighted by molar-refractivity contribution is 7.17. The zero-order valence-electron chi connectivity index (χ0n) is 22.6. The van der Waals surface area contributed by atoms with E-state index in [-0.39, 0.29) is 24.8 Å². The summed E-state index contributed by atoms with van der Waals surface area (Å²) in [5, 5.41) is 14.7. The van der Waals surface area contributed by atoms with E-state index >= 15 is 0 Å². The molecule has 1 unspecified atom stereocenters. The third-order valence-electron chi connectivity index (χ3n) is 8.26. The molecule has 10 nitrogen and oxygen atoms in total. The van der Waals surface area contributed by atoms with Crippen LogP contribution in [0.4, 0.5) is 0 Å². The lowest BCUT2D eigenvalue weighted by atomic mass is 10.1. The minimum absolute atomic E-state index is 0.169. The van der Waals surface area contributed by atoms with Crippen LogP contribution < -0.4 is 15.8 Å². The molecule has 2 fully saturated rings. The van der Waals surface area contributed by atoms with Gasteiger partial charge in [-0.05, 0) is 49.3 Å². The van der Waals surface area contributed by atoms with E-state index in [4.69, 9.17) is 15.5 Å². The Bertz CT molecular complexity index is 1490. The minimum atomic E-state index is -1.35. The molecule has 3 aliphatic rings. The summed E-state index contributed by atoms with van der Waals surface area (Å²) in [6.45, 7) is 0.169. The fourth-order valence-corrected chi connectivity index (χ4v) is 6.67. The van der Waals surface area contributed by atoms with Crippen molar-refractivity contribution >= 4 is 39.3 Å². The molecule has 0 aromatic carbocycles. The van der Waals surface area contributed by atoms with E-state index in [1.54, 1.807) is 6.20 Å². The van der Waals surface area contributed by atoms with Crippen molar-refractivity contribution in [3.8, 4) is 17.1 Å². The van der Waals surface area contributed by atoms with Crippen LogP contribution in [0.5, 0.6) is 5.75 Å². The highest BCUT2D eigenvalue weighted by atomic mass is 32.1. The number of hydrogen-bond acceptors (Lipinski definition) is 8. The van der Waals surface area contributed by atoms with E-state index in [0.717, 1.165) is 35.9 Å². The molecule has 3 aromatic rings. The largest absolute Gasteiger partial charge is 0.487 e. The fourth-order valence-electron chi connectivity index (χ4n) is 5.88. The van der Waals surface area contributed by atoms with Gasteiger partial charge in [0, 0.05) is 24.6 Å². The van der Waals surface area contributed by atoms with Crippen molar-refractivity contribution in [1.82, 2.24) is 20.2 Å². The second-order valence-electron chi connectivity index (χ2n) is 11.1. The SMILES string of the molecule is NC1CCCCC/C=C\[C@@H]2C[C@@]2(C(=O)O)NC(=O)[C@@H]2C[C@@H](Oc3cc(-c4ccccn4)nc4ccsc34)CN2C1=O. The molecule has 3 aromatic heterocycles. The number of rotatable bonds is 4. The zero-order valence-corrected chi connectivity index (χ0v) is 23.4. The maximum atomic E-state index is 13.6. The lowest BCUT2D eigenvalue weighted by Crippen LogP contribution is -2.55. The smallest absolute Gasteiger partial charge is 0.330 e. The van der Waals surface area contributed by atoms with Crippen LogP contribution in [-0.2, 0) is 14.4 Å². The van der Waals surface area contributed by atoms with Crippen LogP contribution in [0.1, 0.15) is 44.9 Å². The number of nitrogens with one attached hydrogen (secondary N) is 1. The molecule has 2 amide bonds. The number of nitrogens with two attached hydrogens (primary N) is 1. The van der Waals surface area contributed by atoms with Gasteiger partial charge >= 0.3 is 5.97 Å². The van der Waals surface area contributed by atoms with Crippen LogP contribution in [0, 0.1) is 5.92 Å². The third kappa shape index (κ3) is 5.43. The summed E-state index contributed by atoms with van der Waals surface area (Å²) in [5.74, 6) is -1.54. The van der Waals surface area contributed by atoms with Gasteiger partial charge in [-0.3, -0.25) is 14.6 Å². The maximum Gasteiger partial charge on any atom is 0.330 e. The highest BCUT2D eigenvalue weighted by Crippen LogP contribution is 2.45. The summed E-state index contributed by atoms with van der Waals surface area (Å²) in [5.41, 5.74) is 7.11. The van der Waals surface area contributed by atoms with Crippen LogP contribution in [0.2, 0.25) is 0 Å². The second kappa shape index (κ2) is 11.2. The van der Waals surface area contributed by atoms with E-state index < -0.39 is 35.6 Å². The van der Waals surface area contributed by atoms with E-state index in [1.807, 2.05) is 47.9 Å². The van der Waals surface area contributed by atoms with Gasteiger partial charge in [-0.2, -0.15) is 0 Å². The minimum Gasteiger partial charge on any atom is -0.487 e. The molecule has 214 valence electrons. The molecule has 11 heteroatoms. The number of carbonyl (C=O) groups excluding carboxylic acids is 2. The van der Waals surface area contributed by atoms with Crippen molar-refractivity contribution in [2.24, 2.45) is 11.7 Å². The van der Waals surface area contributed by atoms with E-state index in [0.29, 0.717) is 30.0 Å². The number of carbonyl (C=O) groups is 3. The van der Waals surface area contributed by atoms with Crippen LogP contribution >= 0.6 is 11.3 Å². The van der Waals surface area contributed by atoms with Gasteiger partial charge in [0.2, 0.25) is 11.8 Å². The van der Waals surface area contributed by atoms with Gasteiger partial charge in [0.1, 0.15) is 23.4 Å². The molecule has 41 heavy (non-hydrogen) atoms. The van der Waals surface area contributed by atoms with Crippen molar-refractivity contribution < 1.29 is 24.2 Å². The number of fused-ring (bicyclic) bond motifs is 3. The van der Waals surface area contributed by atoms with Crippen molar-refractivity contribution in [2.45, 2.75) is 68.7 Å². The van der Waals surface area contributed by atoms with Gasteiger partial charge in [-0.1, -0.05) is 31.1 Å². The van der Waals surface area contributed by atoms with Gasteiger partial charge in [0.15, 0.2) is 0 Å². The Morgan fingerprint density at radius 1 is 1.20 bits per heavy atom. The Kier molecular flexibility index (Phi) is 7.48. The summed E-state index contributed by atoms with van der Waals surface area (Å²) in [4.78, 5) is 50.1. The molecule has 0 spiro atoms. The number of nitrogens with zero attached hydrogens (tertiary/aromatic N) is 3. The number of hydrogen-bond donors (Lipinski definition) is 3. The number of ether oxygens (including phenoxy) is 1. The van der Waals surface area contributed by atoms with Crippen molar-refractivity contribution in [2.75, 3.05) is 6.54 Å². The van der Waals surface area contributed by atoms with Crippen molar-refractivity contribution in [3.63, 3.8) is 0 Å². The predicted octanol–water partition coefficient (Wildman–Crippen LogP) is 3.51. The lowest BCUT2D eigenvalue weighted by Gasteiger charge is -2.27. The Morgan fingerprint density at radius 2 is 2.07 bits per heavy atom. The van der Waals surface area contributed by atoms with Gasteiger partial charge in [-0.25, -0.2) is 9.78 Å². The quantitative estimate of drug-likeness (QED) is 0.401. The first-order chi connectivity index (χ1) is 19.9.